The Morgan fingerprint density at radius 2 is 2.00 bits per heavy atom. The molecular formula is C8H12FN3O2. The molecule has 0 aliphatic rings. The number of likely N-dealkylation sites (N-methyl/N-ethyl adjacent to an activating group) is 1. The zero-order valence-corrected chi connectivity index (χ0v) is 7.68. The van der Waals surface area contributed by atoms with Crippen LogP contribution in [0.3, 0.4) is 0 Å². The molecule has 14 heavy (non-hydrogen) atoms. The fourth-order valence-corrected chi connectivity index (χ4v) is 1.02. The maximum absolute atomic E-state index is 12.3. The Labute approximate surface area is 80.6 Å². The van der Waals surface area contributed by atoms with Gasteiger partial charge in [0.2, 0.25) is 0 Å². The SMILES string of the molecule is CNCC(O)C(O)c1cnc(F)nc1. The predicted octanol–water partition coefficient (Wildman–Crippen LogP) is -0.771. The molecule has 1 aromatic heterocycles. The van der Waals surface area contributed by atoms with Gasteiger partial charge in [0.15, 0.2) is 0 Å². The van der Waals surface area contributed by atoms with Crippen molar-refractivity contribution in [1.29, 1.82) is 0 Å². The van der Waals surface area contributed by atoms with E-state index < -0.39 is 18.3 Å². The highest BCUT2D eigenvalue weighted by Gasteiger charge is 2.18. The van der Waals surface area contributed by atoms with Crippen LogP contribution in [-0.4, -0.2) is 39.9 Å². The highest BCUT2D eigenvalue weighted by atomic mass is 19.1. The molecule has 2 unspecified atom stereocenters. The molecule has 0 fully saturated rings. The van der Waals surface area contributed by atoms with E-state index in [1.807, 2.05) is 0 Å². The minimum atomic E-state index is -1.11. The van der Waals surface area contributed by atoms with Gasteiger partial charge in [-0.05, 0) is 7.05 Å². The van der Waals surface area contributed by atoms with Crippen LogP contribution in [-0.2, 0) is 0 Å². The van der Waals surface area contributed by atoms with Gasteiger partial charge in [-0.2, -0.15) is 4.39 Å². The van der Waals surface area contributed by atoms with E-state index in [0.717, 1.165) is 12.4 Å². The van der Waals surface area contributed by atoms with Crippen molar-refractivity contribution in [2.45, 2.75) is 12.2 Å². The first-order chi connectivity index (χ1) is 6.65. The smallest absolute Gasteiger partial charge is 0.308 e. The Morgan fingerprint density at radius 3 is 2.50 bits per heavy atom. The van der Waals surface area contributed by atoms with E-state index >= 15 is 0 Å². The first-order valence-corrected chi connectivity index (χ1v) is 4.13. The van der Waals surface area contributed by atoms with Crippen molar-refractivity contribution in [2.24, 2.45) is 0 Å². The molecule has 1 aromatic rings. The number of hydrogen-bond acceptors (Lipinski definition) is 5. The van der Waals surface area contributed by atoms with Gasteiger partial charge in [0, 0.05) is 24.5 Å². The molecule has 0 aliphatic heterocycles. The molecule has 3 N–H and O–H groups in total. The normalized spacial score (nSPS) is 15.1. The molecule has 1 rings (SSSR count). The Bertz CT molecular complexity index is 280. The summed E-state index contributed by atoms with van der Waals surface area (Å²) in [5.41, 5.74) is 0.286. The van der Waals surface area contributed by atoms with Gasteiger partial charge in [-0.1, -0.05) is 0 Å². The van der Waals surface area contributed by atoms with Gasteiger partial charge >= 0.3 is 6.08 Å². The first kappa shape index (κ1) is 11.0. The molecule has 0 aliphatic carbocycles. The van der Waals surface area contributed by atoms with Gasteiger partial charge in [0.1, 0.15) is 6.10 Å². The molecule has 2 atom stereocenters. The molecule has 1 heterocycles. The monoisotopic (exact) mass is 201 g/mol. The Morgan fingerprint density at radius 1 is 1.43 bits per heavy atom. The van der Waals surface area contributed by atoms with Crippen LogP contribution in [0.25, 0.3) is 0 Å². The first-order valence-electron chi connectivity index (χ1n) is 4.13. The molecule has 0 amide bonds. The van der Waals surface area contributed by atoms with E-state index in [2.05, 4.69) is 15.3 Å². The van der Waals surface area contributed by atoms with Crippen molar-refractivity contribution >= 4 is 0 Å². The maximum atomic E-state index is 12.3. The molecule has 0 spiro atoms. The summed E-state index contributed by atoms with van der Waals surface area (Å²) in [7, 11) is 1.65. The number of aromatic nitrogens is 2. The quantitative estimate of drug-likeness (QED) is 0.557. The zero-order valence-electron chi connectivity index (χ0n) is 7.68. The van der Waals surface area contributed by atoms with Gasteiger partial charge in [-0.3, -0.25) is 0 Å². The highest BCUT2D eigenvalue weighted by Crippen LogP contribution is 2.14. The highest BCUT2D eigenvalue weighted by molar-refractivity contribution is 5.08. The van der Waals surface area contributed by atoms with Crippen LogP contribution in [0, 0.1) is 6.08 Å². The lowest BCUT2D eigenvalue weighted by Crippen LogP contribution is -2.29. The van der Waals surface area contributed by atoms with E-state index in [1.54, 1.807) is 7.05 Å². The molecule has 0 radical (unpaired) electrons. The molecule has 5 nitrogen and oxygen atoms in total. The van der Waals surface area contributed by atoms with Crippen LogP contribution in [0.15, 0.2) is 12.4 Å². The lowest BCUT2D eigenvalue weighted by Gasteiger charge is -2.16. The second kappa shape index (κ2) is 4.94. The second-order valence-electron chi connectivity index (χ2n) is 2.86. The summed E-state index contributed by atoms with van der Waals surface area (Å²) in [5.74, 6) is 0. The van der Waals surface area contributed by atoms with Crippen molar-refractivity contribution in [1.82, 2.24) is 15.3 Å². The lowest BCUT2D eigenvalue weighted by molar-refractivity contribution is 0.0197. The van der Waals surface area contributed by atoms with Gasteiger partial charge in [-0.25, -0.2) is 9.97 Å². The molecule has 6 heteroatoms. The summed E-state index contributed by atoms with van der Waals surface area (Å²) in [6.07, 6.45) is -0.640. The van der Waals surface area contributed by atoms with Gasteiger partial charge in [-0.15, -0.1) is 0 Å². The van der Waals surface area contributed by atoms with Crippen LogP contribution in [0.4, 0.5) is 4.39 Å². The van der Waals surface area contributed by atoms with Crippen molar-refractivity contribution < 1.29 is 14.6 Å². The predicted molar refractivity (Wildman–Crippen MR) is 46.9 cm³/mol. The number of hydrogen-bond donors (Lipinski definition) is 3. The number of aliphatic hydroxyl groups is 2. The summed E-state index contributed by atoms with van der Waals surface area (Å²) in [5, 5.41) is 21.6. The fourth-order valence-electron chi connectivity index (χ4n) is 1.02. The number of nitrogens with zero attached hydrogens (tertiary/aromatic N) is 2. The van der Waals surface area contributed by atoms with Crippen molar-refractivity contribution in [2.75, 3.05) is 13.6 Å². The van der Waals surface area contributed by atoms with E-state index in [0.29, 0.717) is 0 Å². The lowest BCUT2D eigenvalue weighted by atomic mass is 10.1. The number of rotatable bonds is 4. The third-order valence-electron chi connectivity index (χ3n) is 1.76. The van der Waals surface area contributed by atoms with Crippen LogP contribution in [0.1, 0.15) is 11.7 Å². The van der Waals surface area contributed by atoms with Gasteiger partial charge in [0.05, 0.1) is 6.10 Å². The van der Waals surface area contributed by atoms with E-state index in [9.17, 15) is 14.6 Å². The van der Waals surface area contributed by atoms with Crippen molar-refractivity contribution in [3.63, 3.8) is 0 Å². The van der Waals surface area contributed by atoms with Gasteiger partial charge < -0.3 is 15.5 Å². The Balaban J connectivity index is 2.68. The Hall–Kier alpha value is -1.11. The number of nitrogens with one attached hydrogen (secondary N) is 1. The molecule has 78 valence electrons. The summed E-state index contributed by atoms with van der Waals surface area (Å²) in [4.78, 5) is 6.55. The molecule has 0 saturated carbocycles. The van der Waals surface area contributed by atoms with E-state index in [1.165, 1.54) is 0 Å². The number of halogens is 1. The zero-order chi connectivity index (χ0) is 10.6. The largest absolute Gasteiger partial charge is 0.389 e. The van der Waals surface area contributed by atoms with Gasteiger partial charge in [0.25, 0.3) is 0 Å². The minimum Gasteiger partial charge on any atom is -0.389 e. The van der Waals surface area contributed by atoms with Crippen LogP contribution < -0.4 is 5.32 Å². The van der Waals surface area contributed by atoms with Crippen molar-refractivity contribution in [3.8, 4) is 0 Å². The maximum Gasteiger partial charge on any atom is 0.308 e. The second-order valence-corrected chi connectivity index (χ2v) is 2.86. The molecule has 0 bridgehead atoms. The average molecular weight is 201 g/mol. The fraction of sp³-hybridized carbons (Fsp3) is 0.500. The van der Waals surface area contributed by atoms with E-state index in [-0.39, 0.29) is 12.1 Å². The van der Waals surface area contributed by atoms with Crippen LogP contribution >= 0.6 is 0 Å². The van der Waals surface area contributed by atoms with Crippen LogP contribution in [0.5, 0.6) is 0 Å². The molecular weight excluding hydrogens is 189 g/mol. The summed E-state index contributed by atoms with van der Waals surface area (Å²) >= 11 is 0. The molecule has 0 aromatic carbocycles. The minimum absolute atomic E-state index is 0.235. The summed E-state index contributed by atoms with van der Waals surface area (Å²) in [6, 6.07) is 0. The summed E-state index contributed by atoms with van der Waals surface area (Å²) in [6.45, 7) is 0.235. The topological polar surface area (TPSA) is 78.3 Å². The third-order valence-corrected chi connectivity index (χ3v) is 1.76. The summed E-state index contributed by atoms with van der Waals surface area (Å²) < 4.78 is 12.3. The van der Waals surface area contributed by atoms with Crippen molar-refractivity contribution in [3.05, 3.63) is 24.0 Å². The standard InChI is InChI=1S/C8H12FN3O2/c1-10-4-6(13)7(14)5-2-11-8(9)12-3-5/h2-3,6-7,10,13-14H,4H2,1H3. The average Bonchev–Trinajstić information content (AvgIpc) is 2.18. The third kappa shape index (κ3) is 2.69. The number of aliphatic hydroxyl groups excluding tert-OH is 2. The van der Waals surface area contributed by atoms with Crippen LogP contribution in [0.2, 0.25) is 0 Å². The Kier molecular flexibility index (Phi) is 3.87. The van der Waals surface area contributed by atoms with E-state index in [4.69, 9.17) is 0 Å². The molecule has 0 saturated heterocycles.